The topological polar surface area (TPSA) is 49.3 Å². The van der Waals surface area contributed by atoms with Gasteiger partial charge in [0.25, 0.3) is 0 Å². The first-order valence-corrected chi connectivity index (χ1v) is 9.12. The van der Waals surface area contributed by atoms with Crippen LogP contribution in [-0.2, 0) is 11.2 Å². The van der Waals surface area contributed by atoms with Gasteiger partial charge in [-0.25, -0.2) is 0 Å². The van der Waals surface area contributed by atoms with Crippen molar-refractivity contribution in [2.24, 2.45) is 5.92 Å². The highest BCUT2D eigenvalue weighted by atomic mass is 16.3. The molecule has 0 radical (unpaired) electrons. The van der Waals surface area contributed by atoms with Crippen LogP contribution < -0.4 is 5.32 Å². The van der Waals surface area contributed by atoms with Crippen LogP contribution in [0.2, 0.25) is 0 Å². The molecule has 2 rings (SSSR count). The first kappa shape index (κ1) is 19.6. The second-order valence-electron chi connectivity index (χ2n) is 8.24. The maximum Gasteiger partial charge on any atom is 0.138 e. The summed E-state index contributed by atoms with van der Waals surface area (Å²) in [6.07, 6.45) is 0.175. The van der Waals surface area contributed by atoms with Gasteiger partial charge in [-0.15, -0.1) is 0 Å². The highest BCUT2D eigenvalue weighted by Crippen LogP contribution is 2.22. The number of aliphatic hydroxyl groups is 1. The first-order chi connectivity index (χ1) is 11.7. The summed E-state index contributed by atoms with van der Waals surface area (Å²) in [5.74, 6) is 0.0496. The molecule has 0 aliphatic carbocycles. The second-order valence-corrected chi connectivity index (χ2v) is 8.24. The fourth-order valence-electron chi connectivity index (χ4n) is 3.13. The predicted molar refractivity (Wildman–Crippen MR) is 105 cm³/mol. The van der Waals surface area contributed by atoms with Gasteiger partial charge in [0.2, 0.25) is 0 Å². The third-order valence-electron chi connectivity index (χ3n) is 4.46. The number of hydrogen-bond donors (Lipinski definition) is 2. The van der Waals surface area contributed by atoms with Gasteiger partial charge in [0.15, 0.2) is 0 Å². The van der Waals surface area contributed by atoms with Gasteiger partial charge in [-0.05, 0) is 43.5 Å². The zero-order valence-electron chi connectivity index (χ0n) is 16.0. The van der Waals surface area contributed by atoms with Crippen LogP contribution in [0.3, 0.4) is 0 Å². The van der Waals surface area contributed by atoms with E-state index in [4.69, 9.17) is 0 Å². The molecular weight excluding hydrogens is 310 g/mol. The molecule has 0 amide bonds. The lowest BCUT2D eigenvalue weighted by Crippen LogP contribution is -2.51. The van der Waals surface area contributed by atoms with Crippen LogP contribution in [0, 0.1) is 5.92 Å². The van der Waals surface area contributed by atoms with Crippen LogP contribution in [0.4, 0.5) is 0 Å². The Bertz CT molecular complexity index is 710. The van der Waals surface area contributed by atoms with Crippen molar-refractivity contribution in [2.75, 3.05) is 0 Å². The lowest BCUT2D eigenvalue weighted by Gasteiger charge is -2.32. The molecule has 0 fully saturated rings. The van der Waals surface area contributed by atoms with Gasteiger partial charge in [-0.2, -0.15) is 0 Å². The van der Waals surface area contributed by atoms with E-state index in [0.29, 0.717) is 6.42 Å². The van der Waals surface area contributed by atoms with Crippen LogP contribution in [0.5, 0.6) is 0 Å². The number of aliphatic hydroxyl groups excluding tert-OH is 1. The largest absolute Gasteiger partial charge is 0.391 e. The van der Waals surface area contributed by atoms with Gasteiger partial charge in [0.05, 0.1) is 6.10 Å². The van der Waals surface area contributed by atoms with Gasteiger partial charge in [-0.3, -0.25) is 4.79 Å². The average Bonchev–Trinajstić information content (AvgIpc) is 2.53. The van der Waals surface area contributed by atoms with Crippen LogP contribution >= 0.6 is 0 Å². The highest BCUT2D eigenvalue weighted by molar-refractivity contribution is 5.85. The van der Waals surface area contributed by atoms with Gasteiger partial charge in [-0.1, -0.05) is 56.3 Å². The van der Waals surface area contributed by atoms with Crippen molar-refractivity contribution in [3.8, 4) is 0 Å². The molecule has 2 aromatic rings. The third kappa shape index (κ3) is 5.65. The summed E-state index contributed by atoms with van der Waals surface area (Å²) in [6.45, 7) is 10.0. The van der Waals surface area contributed by atoms with E-state index in [-0.39, 0.29) is 29.7 Å². The summed E-state index contributed by atoms with van der Waals surface area (Å²) in [5.41, 5.74) is 1.05. The number of Topliss-reactive ketones (excluding diaryl/α,β-unsaturated/α-hetero) is 1. The second kappa shape index (κ2) is 8.11. The number of ketones is 1. The van der Waals surface area contributed by atoms with Gasteiger partial charge < -0.3 is 10.4 Å². The molecule has 2 N–H and O–H groups in total. The number of carbonyl (C=O) groups is 1. The summed E-state index contributed by atoms with van der Waals surface area (Å²) >= 11 is 0. The molecular formula is C22H31NO2. The van der Waals surface area contributed by atoms with Gasteiger partial charge in [0.1, 0.15) is 5.78 Å². The summed E-state index contributed by atoms with van der Waals surface area (Å²) in [4.78, 5) is 12.1. The predicted octanol–water partition coefficient (Wildman–Crippen LogP) is 4.12. The SMILES string of the molecule is CC(C)C(=O)CC(O)[C@H](Cc1cccc2ccccc12)NC(C)(C)C. The molecule has 136 valence electrons. The van der Waals surface area contributed by atoms with E-state index in [9.17, 15) is 9.90 Å². The first-order valence-electron chi connectivity index (χ1n) is 9.12. The molecule has 3 nitrogen and oxygen atoms in total. The van der Waals surface area contributed by atoms with E-state index in [1.807, 2.05) is 26.0 Å². The van der Waals surface area contributed by atoms with Gasteiger partial charge >= 0.3 is 0 Å². The molecule has 0 bridgehead atoms. The fourth-order valence-corrected chi connectivity index (χ4v) is 3.13. The van der Waals surface area contributed by atoms with Crippen LogP contribution in [0.25, 0.3) is 10.8 Å². The standard InChI is InChI=1S/C22H31NO2/c1-15(2)20(24)14-21(25)19(23-22(3,4)5)13-17-11-8-10-16-9-6-7-12-18(16)17/h6-12,15,19,21,23,25H,13-14H2,1-5H3/t19-,21?/m0/s1. The van der Waals surface area contributed by atoms with E-state index >= 15 is 0 Å². The molecule has 1 unspecified atom stereocenters. The number of nitrogens with one attached hydrogen (secondary N) is 1. The fraction of sp³-hybridized carbons (Fsp3) is 0.500. The number of hydrogen-bond acceptors (Lipinski definition) is 3. The normalized spacial score (nSPS) is 14.7. The van der Waals surface area contributed by atoms with E-state index in [2.05, 4.69) is 56.4 Å². The molecule has 2 atom stereocenters. The molecule has 0 aliphatic heterocycles. The van der Waals surface area contributed by atoms with Crippen molar-refractivity contribution >= 4 is 16.6 Å². The van der Waals surface area contributed by atoms with E-state index < -0.39 is 6.10 Å². The van der Waals surface area contributed by atoms with Gasteiger partial charge in [0, 0.05) is 23.9 Å². The van der Waals surface area contributed by atoms with Crippen LogP contribution in [0.1, 0.15) is 46.6 Å². The molecule has 0 spiro atoms. The van der Waals surface area contributed by atoms with E-state index in [1.165, 1.54) is 16.3 Å². The van der Waals surface area contributed by atoms with Crippen molar-refractivity contribution < 1.29 is 9.90 Å². The molecule has 2 aromatic carbocycles. The highest BCUT2D eigenvalue weighted by Gasteiger charge is 2.27. The lowest BCUT2D eigenvalue weighted by molar-refractivity contribution is -0.124. The zero-order valence-corrected chi connectivity index (χ0v) is 16.0. The maximum atomic E-state index is 12.1. The Hall–Kier alpha value is -1.71. The van der Waals surface area contributed by atoms with Crippen molar-refractivity contribution in [1.82, 2.24) is 5.32 Å². The smallest absolute Gasteiger partial charge is 0.138 e. The molecule has 0 aromatic heterocycles. The Labute approximate surface area is 151 Å². The molecule has 3 heteroatoms. The zero-order chi connectivity index (χ0) is 18.6. The molecule has 0 heterocycles. The number of benzene rings is 2. The number of rotatable bonds is 7. The maximum absolute atomic E-state index is 12.1. The van der Waals surface area contributed by atoms with Crippen molar-refractivity contribution in [1.29, 1.82) is 0 Å². The average molecular weight is 341 g/mol. The minimum atomic E-state index is -0.701. The summed E-state index contributed by atoms with van der Waals surface area (Å²) in [5, 5.41) is 16.7. The Morgan fingerprint density at radius 1 is 1.08 bits per heavy atom. The quantitative estimate of drug-likeness (QED) is 0.796. The third-order valence-corrected chi connectivity index (χ3v) is 4.46. The minimum absolute atomic E-state index is 0.0532. The molecule has 0 saturated heterocycles. The summed E-state index contributed by atoms with van der Waals surface area (Å²) in [7, 11) is 0. The molecule has 0 aliphatic rings. The lowest BCUT2D eigenvalue weighted by atomic mass is 9.91. The Morgan fingerprint density at radius 2 is 1.72 bits per heavy atom. The van der Waals surface area contributed by atoms with Crippen LogP contribution in [-0.4, -0.2) is 28.6 Å². The Kier molecular flexibility index (Phi) is 6.36. The minimum Gasteiger partial charge on any atom is -0.391 e. The Morgan fingerprint density at radius 3 is 2.36 bits per heavy atom. The van der Waals surface area contributed by atoms with Crippen molar-refractivity contribution in [2.45, 2.75) is 65.1 Å². The summed E-state index contributed by atoms with van der Waals surface area (Å²) in [6, 6.07) is 14.4. The van der Waals surface area contributed by atoms with Crippen LogP contribution in [0.15, 0.2) is 42.5 Å². The van der Waals surface area contributed by atoms with E-state index in [1.54, 1.807) is 0 Å². The van der Waals surface area contributed by atoms with E-state index in [0.717, 1.165) is 0 Å². The molecule has 25 heavy (non-hydrogen) atoms. The summed E-state index contributed by atoms with van der Waals surface area (Å²) < 4.78 is 0. The Balaban J connectivity index is 2.27. The van der Waals surface area contributed by atoms with Crippen molar-refractivity contribution in [3.05, 3.63) is 48.0 Å². The monoisotopic (exact) mass is 341 g/mol. The molecule has 0 saturated carbocycles. The van der Waals surface area contributed by atoms with Crippen molar-refractivity contribution in [3.63, 3.8) is 0 Å². The number of carbonyl (C=O) groups excluding carboxylic acids is 1. The number of fused-ring (bicyclic) bond motifs is 1.